The van der Waals surface area contributed by atoms with E-state index in [4.69, 9.17) is 11.6 Å². The molecule has 1 atom stereocenters. The quantitative estimate of drug-likeness (QED) is 0.928. The first-order valence-corrected chi connectivity index (χ1v) is 7.13. The average molecular weight is 309 g/mol. The van der Waals surface area contributed by atoms with Crippen LogP contribution >= 0.6 is 11.6 Å². The van der Waals surface area contributed by atoms with Gasteiger partial charge in [-0.1, -0.05) is 11.6 Å². The third kappa shape index (κ3) is 2.65. The zero-order valence-electron chi connectivity index (χ0n) is 11.4. The average Bonchev–Trinajstić information content (AvgIpc) is 3.19. The summed E-state index contributed by atoms with van der Waals surface area (Å²) in [6.07, 6.45) is 3.82. The first-order chi connectivity index (χ1) is 9.97. The van der Waals surface area contributed by atoms with Gasteiger partial charge in [0.15, 0.2) is 0 Å². The molecule has 1 aromatic heterocycles. The third-order valence-electron chi connectivity index (χ3n) is 3.88. The van der Waals surface area contributed by atoms with Crippen LogP contribution in [0.2, 0.25) is 5.02 Å². The monoisotopic (exact) mass is 308 g/mol. The number of rotatable bonds is 4. The molecule has 21 heavy (non-hydrogen) atoms. The lowest BCUT2D eigenvalue weighted by Gasteiger charge is -2.09. The molecule has 1 heterocycles. The van der Waals surface area contributed by atoms with Crippen LogP contribution in [0.5, 0.6) is 0 Å². The highest BCUT2D eigenvalue weighted by Gasteiger charge is 2.31. The summed E-state index contributed by atoms with van der Waals surface area (Å²) in [5.41, 5.74) is 0.919. The molecule has 0 radical (unpaired) electrons. The van der Waals surface area contributed by atoms with E-state index in [1.54, 1.807) is 4.68 Å². The summed E-state index contributed by atoms with van der Waals surface area (Å²) in [5.74, 6) is -1.04. The Balaban J connectivity index is 2.06. The Hall–Kier alpha value is -1.88. The number of nitrogens with zero attached hydrogens (tertiary/aromatic N) is 2. The highest BCUT2D eigenvalue weighted by Crippen LogP contribution is 2.40. The lowest BCUT2D eigenvalue weighted by molar-refractivity contribution is 0.0697. The molecule has 1 N–H and O–H groups in total. The Kier molecular flexibility index (Phi) is 3.45. The van der Waals surface area contributed by atoms with Gasteiger partial charge < -0.3 is 5.11 Å². The Morgan fingerprint density at radius 3 is 2.81 bits per heavy atom. The highest BCUT2D eigenvalue weighted by atomic mass is 35.5. The van der Waals surface area contributed by atoms with Crippen LogP contribution in [0.1, 0.15) is 36.2 Å². The number of carboxylic acids is 1. The molecule has 3 rings (SSSR count). The van der Waals surface area contributed by atoms with E-state index in [2.05, 4.69) is 5.10 Å². The molecule has 2 aromatic rings. The van der Waals surface area contributed by atoms with Crippen LogP contribution in [0.4, 0.5) is 4.39 Å². The lowest BCUT2D eigenvalue weighted by Crippen LogP contribution is -2.07. The van der Waals surface area contributed by atoms with E-state index in [-0.39, 0.29) is 16.6 Å². The molecule has 0 bridgehead atoms. The zero-order valence-corrected chi connectivity index (χ0v) is 12.1. The highest BCUT2D eigenvalue weighted by molar-refractivity contribution is 6.31. The van der Waals surface area contributed by atoms with Gasteiger partial charge in [0.05, 0.1) is 11.1 Å². The topological polar surface area (TPSA) is 55.1 Å². The predicted octanol–water partition coefficient (Wildman–Crippen LogP) is 4.01. The summed E-state index contributed by atoms with van der Waals surface area (Å²) in [7, 11) is 0. The minimum Gasteiger partial charge on any atom is -0.478 e. The first-order valence-electron chi connectivity index (χ1n) is 6.75. The van der Waals surface area contributed by atoms with Crippen molar-refractivity contribution in [1.29, 1.82) is 0 Å². The lowest BCUT2D eigenvalue weighted by atomic mass is 10.1. The van der Waals surface area contributed by atoms with Crippen molar-refractivity contribution in [2.45, 2.75) is 25.8 Å². The maximum absolute atomic E-state index is 13.2. The molecule has 1 fully saturated rings. The Morgan fingerprint density at radius 1 is 1.52 bits per heavy atom. The second kappa shape index (κ2) is 5.15. The fourth-order valence-electron chi connectivity index (χ4n) is 2.41. The number of benzene rings is 1. The fraction of sp³-hybridized carbons (Fsp3) is 0.333. The van der Waals surface area contributed by atoms with Crippen molar-refractivity contribution in [3.8, 4) is 11.3 Å². The van der Waals surface area contributed by atoms with Crippen molar-refractivity contribution in [3.63, 3.8) is 0 Å². The van der Waals surface area contributed by atoms with Crippen LogP contribution in [-0.2, 0) is 0 Å². The molecule has 0 saturated heterocycles. The second-order valence-electron chi connectivity index (χ2n) is 5.38. The standard InChI is InChI=1S/C15H14ClFN2O2/c1-8(9-2-3-9)19-7-11(15(20)21)14(18-19)10-4-5-13(17)12(16)6-10/h4-9H,2-3H2,1H3,(H,20,21). The van der Waals surface area contributed by atoms with E-state index in [0.717, 1.165) is 12.8 Å². The summed E-state index contributed by atoms with van der Waals surface area (Å²) in [4.78, 5) is 11.4. The van der Waals surface area contributed by atoms with Crippen LogP contribution in [-0.4, -0.2) is 20.9 Å². The second-order valence-corrected chi connectivity index (χ2v) is 5.79. The van der Waals surface area contributed by atoms with E-state index >= 15 is 0 Å². The van der Waals surface area contributed by atoms with Crippen molar-refractivity contribution in [3.05, 3.63) is 40.8 Å². The summed E-state index contributed by atoms with van der Waals surface area (Å²) in [6.45, 7) is 2.03. The maximum Gasteiger partial charge on any atom is 0.339 e. The van der Waals surface area contributed by atoms with Gasteiger partial charge in [-0.2, -0.15) is 5.10 Å². The van der Waals surface area contributed by atoms with E-state index in [0.29, 0.717) is 17.2 Å². The molecule has 4 nitrogen and oxygen atoms in total. The third-order valence-corrected chi connectivity index (χ3v) is 4.17. The number of hydrogen-bond acceptors (Lipinski definition) is 2. The number of carboxylic acid groups (broad SMARTS) is 1. The molecule has 1 saturated carbocycles. The minimum atomic E-state index is -1.06. The van der Waals surface area contributed by atoms with Crippen LogP contribution in [0.25, 0.3) is 11.3 Å². The zero-order chi connectivity index (χ0) is 15.1. The summed E-state index contributed by atoms with van der Waals surface area (Å²) < 4.78 is 14.9. The van der Waals surface area contributed by atoms with E-state index in [9.17, 15) is 14.3 Å². The molecule has 6 heteroatoms. The SMILES string of the molecule is CC(C1CC1)n1cc(C(=O)O)c(-c2ccc(F)c(Cl)c2)n1. The summed E-state index contributed by atoms with van der Waals surface area (Å²) in [5, 5.41) is 13.7. The molecule has 1 aliphatic rings. The molecular formula is C15H14ClFN2O2. The number of hydrogen-bond donors (Lipinski definition) is 1. The van der Waals surface area contributed by atoms with Gasteiger partial charge in [0.1, 0.15) is 17.1 Å². The summed E-state index contributed by atoms with van der Waals surface area (Å²) in [6, 6.07) is 4.26. The van der Waals surface area contributed by atoms with Crippen LogP contribution in [0, 0.1) is 11.7 Å². The fourth-order valence-corrected chi connectivity index (χ4v) is 2.59. The van der Waals surface area contributed by atoms with E-state index < -0.39 is 11.8 Å². The smallest absolute Gasteiger partial charge is 0.339 e. The Labute approximate surface area is 126 Å². The molecule has 0 amide bonds. The molecule has 110 valence electrons. The van der Waals surface area contributed by atoms with Crippen LogP contribution in [0.15, 0.2) is 24.4 Å². The number of halogens is 2. The van der Waals surface area contributed by atoms with E-state index in [1.165, 1.54) is 24.4 Å². The molecule has 0 aliphatic heterocycles. The first kappa shape index (κ1) is 14.1. The van der Waals surface area contributed by atoms with Crippen molar-refractivity contribution in [2.24, 2.45) is 5.92 Å². The molecule has 1 unspecified atom stereocenters. The maximum atomic E-state index is 13.2. The van der Waals surface area contributed by atoms with Gasteiger partial charge in [0.25, 0.3) is 0 Å². The van der Waals surface area contributed by atoms with Gasteiger partial charge in [-0.3, -0.25) is 4.68 Å². The molecular weight excluding hydrogens is 295 g/mol. The Morgan fingerprint density at radius 2 is 2.24 bits per heavy atom. The van der Waals surface area contributed by atoms with Gasteiger partial charge >= 0.3 is 5.97 Å². The largest absolute Gasteiger partial charge is 0.478 e. The summed E-state index contributed by atoms with van der Waals surface area (Å²) >= 11 is 5.77. The van der Waals surface area contributed by atoms with Crippen molar-refractivity contribution in [2.75, 3.05) is 0 Å². The van der Waals surface area contributed by atoms with Crippen molar-refractivity contribution in [1.82, 2.24) is 9.78 Å². The number of aromatic nitrogens is 2. The van der Waals surface area contributed by atoms with Gasteiger partial charge in [0.2, 0.25) is 0 Å². The van der Waals surface area contributed by atoms with Gasteiger partial charge in [0, 0.05) is 11.8 Å². The molecule has 0 spiro atoms. The van der Waals surface area contributed by atoms with Crippen molar-refractivity contribution >= 4 is 17.6 Å². The number of aromatic carboxylic acids is 1. The van der Waals surface area contributed by atoms with Crippen LogP contribution < -0.4 is 0 Å². The van der Waals surface area contributed by atoms with Gasteiger partial charge in [-0.25, -0.2) is 9.18 Å². The van der Waals surface area contributed by atoms with Crippen molar-refractivity contribution < 1.29 is 14.3 Å². The normalized spacial score (nSPS) is 16.0. The van der Waals surface area contributed by atoms with Crippen LogP contribution in [0.3, 0.4) is 0 Å². The van der Waals surface area contributed by atoms with Gasteiger partial charge in [-0.05, 0) is 43.9 Å². The molecule has 1 aliphatic carbocycles. The predicted molar refractivity (Wildman–Crippen MR) is 77.0 cm³/mol. The minimum absolute atomic E-state index is 0.0476. The number of carbonyl (C=O) groups is 1. The van der Waals surface area contributed by atoms with Gasteiger partial charge in [-0.15, -0.1) is 0 Å². The molecule has 1 aromatic carbocycles. The Bertz CT molecular complexity index is 710. The van der Waals surface area contributed by atoms with E-state index in [1.807, 2.05) is 6.92 Å².